The van der Waals surface area contributed by atoms with Gasteiger partial charge in [0.1, 0.15) is 29.2 Å². The minimum atomic E-state index is -4.70. The van der Waals surface area contributed by atoms with Crippen molar-refractivity contribution in [2.45, 2.75) is 42.1 Å². The number of carboxylic acids is 1. The highest BCUT2D eigenvalue weighted by molar-refractivity contribution is 8.01. The average Bonchev–Trinajstić information content (AvgIpc) is 2.86. The summed E-state index contributed by atoms with van der Waals surface area (Å²) in [5, 5.41) is 11.5. The van der Waals surface area contributed by atoms with Gasteiger partial charge in [-0.3, -0.25) is 19.4 Å². The molecule has 0 aromatic heterocycles. The first kappa shape index (κ1) is 21.6. The van der Waals surface area contributed by atoms with E-state index in [0.717, 1.165) is 0 Å². The van der Waals surface area contributed by atoms with Gasteiger partial charge in [-0.1, -0.05) is 12.1 Å². The highest BCUT2D eigenvalue weighted by Crippen LogP contribution is 2.50. The number of hydrogen-bond acceptors (Lipinski definition) is 7. The number of nitrogens with one attached hydrogen (secondary N) is 1. The number of nitrogens with zero attached hydrogens (tertiary/aromatic N) is 1. The molecule has 2 saturated heterocycles. The Morgan fingerprint density at radius 3 is 2.41 bits per heavy atom. The molecule has 2 aliphatic heterocycles. The van der Waals surface area contributed by atoms with Gasteiger partial charge in [-0.25, -0.2) is 9.36 Å². The maximum atomic E-state index is 12.5. The van der Waals surface area contributed by atoms with E-state index in [1.54, 1.807) is 13.8 Å². The van der Waals surface area contributed by atoms with E-state index in [0.29, 0.717) is 5.56 Å². The van der Waals surface area contributed by atoms with Crippen LogP contribution in [0.15, 0.2) is 24.3 Å². The molecular weight excluding hydrogens is 425 g/mol. The monoisotopic (exact) mass is 445 g/mol. The van der Waals surface area contributed by atoms with Crippen LogP contribution in [-0.2, 0) is 18.9 Å². The lowest BCUT2D eigenvalue weighted by Gasteiger charge is -2.43. The number of amides is 2. The van der Waals surface area contributed by atoms with Crippen molar-refractivity contribution in [2.24, 2.45) is 5.73 Å². The molecule has 29 heavy (non-hydrogen) atoms. The van der Waals surface area contributed by atoms with Gasteiger partial charge in [0.2, 0.25) is 11.8 Å². The maximum absolute atomic E-state index is 12.5. The van der Waals surface area contributed by atoms with E-state index in [1.165, 1.54) is 40.9 Å². The number of thioether (sulfide) groups is 1. The molecule has 1 unspecified atom stereocenters. The quantitative estimate of drug-likeness (QED) is 0.290. The normalized spacial score (nSPS) is 26.3. The molecule has 0 radical (unpaired) electrons. The highest BCUT2D eigenvalue weighted by atomic mass is 32.2. The molecule has 1 aromatic carbocycles. The van der Waals surface area contributed by atoms with E-state index in [2.05, 4.69) is 9.84 Å². The molecule has 4 atom stereocenters. The number of carboxylic acid groups (broad SMARTS) is 1. The number of rotatable bonds is 6. The number of fused-ring (bicyclic) bond motifs is 1. The first-order valence-corrected chi connectivity index (χ1v) is 10.9. The number of nitrogens with two attached hydrogens (primary N) is 1. The third kappa shape index (κ3) is 4.12. The van der Waals surface area contributed by atoms with Crippen LogP contribution in [0.3, 0.4) is 0 Å². The van der Waals surface area contributed by atoms with Crippen molar-refractivity contribution in [3.63, 3.8) is 0 Å². The Labute approximate surface area is 169 Å². The minimum Gasteiger partial charge on any atom is -0.480 e. The molecule has 2 fully saturated rings. The molecule has 0 saturated carbocycles. The van der Waals surface area contributed by atoms with Gasteiger partial charge in [-0.05, 0) is 31.5 Å². The summed E-state index contributed by atoms with van der Waals surface area (Å²) < 4.78 is 14.5. The number of hydrogen-bond donors (Lipinski definition) is 5. The van der Waals surface area contributed by atoms with Crippen molar-refractivity contribution in [3.8, 4) is 5.75 Å². The lowest BCUT2D eigenvalue weighted by atomic mass is 9.95. The van der Waals surface area contributed by atoms with Crippen LogP contribution in [0.2, 0.25) is 0 Å². The van der Waals surface area contributed by atoms with Crippen LogP contribution in [0.4, 0.5) is 0 Å². The molecule has 3 rings (SSSR count). The molecule has 1 aromatic rings. The average molecular weight is 445 g/mol. The number of aliphatic carboxylic acids is 1. The second-order valence-electron chi connectivity index (χ2n) is 7.21. The number of carbonyl (C=O) groups excluding carboxylic acids is 2. The van der Waals surface area contributed by atoms with Crippen molar-refractivity contribution in [1.29, 1.82) is 0 Å². The summed E-state index contributed by atoms with van der Waals surface area (Å²) in [6, 6.07) is 2.26. The first-order chi connectivity index (χ1) is 13.3. The number of carbonyl (C=O) groups is 3. The zero-order valence-electron chi connectivity index (χ0n) is 15.4. The molecular formula is C16H20N3O8PS. The fourth-order valence-electron chi connectivity index (χ4n) is 3.41. The van der Waals surface area contributed by atoms with Crippen molar-refractivity contribution < 1.29 is 38.4 Å². The van der Waals surface area contributed by atoms with Crippen molar-refractivity contribution >= 4 is 37.4 Å². The first-order valence-electron chi connectivity index (χ1n) is 8.46. The maximum Gasteiger partial charge on any atom is 0.524 e. The number of phosphoric acid groups is 1. The van der Waals surface area contributed by atoms with E-state index in [-0.39, 0.29) is 5.75 Å². The van der Waals surface area contributed by atoms with Crippen LogP contribution < -0.4 is 15.6 Å². The SMILES string of the molecule is CC1(C)S[C@@H]2[C@H](NC(=O)C(N)c3ccc(OP(=O)(O)O)cc3)C(=O)N2[C@H]1C(=O)O. The Kier molecular flexibility index (Phi) is 5.43. The summed E-state index contributed by atoms with van der Waals surface area (Å²) >= 11 is 1.30. The van der Waals surface area contributed by atoms with Gasteiger partial charge in [0, 0.05) is 4.75 Å². The molecule has 6 N–H and O–H groups in total. The number of β-lactam (4-membered cyclic amide) rings is 1. The summed E-state index contributed by atoms with van der Waals surface area (Å²) in [7, 11) is -4.70. The van der Waals surface area contributed by atoms with Gasteiger partial charge in [0.25, 0.3) is 0 Å². The van der Waals surface area contributed by atoms with Crippen LogP contribution in [0.1, 0.15) is 25.5 Å². The zero-order valence-corrected chi connectivity index (χ0v) is 17.1. The van der Waals surface area contributed by atoms with E-state index < -0.39 is 53.9 Å². The van der Waals surface area contributed by atoms with E-state index in [4.69, 9.17) is 15.5 Å². The van der Waals surface area contributed by atoms with Gasteiger partial charge in [0.15, 0.2) is 0 Å². The molecule has 158 valence electrons. The Hall–Kier alpha value is -2.11. The molecule has 11 nitrogen and oxygen atoms in total. The smallest absolute Gasteiger partial charge is 0.480 e. The van der Waals surface area contributed by atoms with Crippen LogP contribution in [0.5, 0.6) is 5.75 Å². The topological polar surface area (TPSA) is 179 Å². The van der Waals surface area contributed by atoms with Gasteiger partial charge in [0.05, 0.1) is 0 Å². The van der Waals surface area contributed by atoms with E-state index >= 15 is 0 Å². The molecule has 2 aliphatic rings. The molecule has 0 spiro atoms. The fourth-order valence-corrected chi connectivity index (χ4v) is 5.43. The van der Waals surface area contributed by atoms with Crippen molar-refractivity contribution in [3.05, 3.63) is 29.8 Å². The molecule has 13 heteroatoms. The van der Waals surface area contributed by atoms with Gasteiger partial charge in [-0.15, -0.1) is 11.8 Å². The summed E-state index contributed by atoms with van der Waals surface area (Å²) in [5.41, 5.74) is 6.26. The summed E-state index contributed by atoms with van der Waals surface area (Å²) in [4.78, 5) is 55.3. The molecule has 0 bridgehead atoms. The molecule has 2 amide bonds. The lowest BCUT2D eigenvalue weighted by Crippen LogP contribution is -2.71. The Balaban J connectivity index is 1.66. The van der Waals surface area contributed by atoms with Crippen LogP contribution >= 0.6 is 19.6 Å². The Morgan fingerprint density at radius 1 is 1.31 bits per heavy atom. The van der Waals surface area contributed by atoms with Gasteiger partial charge in [-0.2, -0.15) is 0 Å². The predicted octanol–water partition coefficient (Wildman–Crippen LogP) is -0.210. The molecule has 0 aliphatic carbocycles. The standard InChI is InChI=1S/C16H20N3O8PS/c1-16(2)11(15(22)23)19-13(21)10(14(19)29-16)18-12(20)9(17)7-3-5-8(6-4-7)27-28(24,25)26/h3-6,9-11,14H,17H2,1-2H3,(H,18,20)(H,22,23)(H2,24,25,26)/t9?,10-,11+,14-/m1/s1. The van der Waals surface area contributed by atoms with Gasteiger partial charge >= 0.3 is 13.8 Å². The second kappa shape index (κ2) is 7.29. The van der Waals surface area contributed by atoms with Crippen molar-refractivity contribution in [2.75, 3.05) is 0 Å². The Bertz CT molecular complexity index is 902. The summed E-state index contributed by atoms with van der Waals surface area (Å²) in [5.74, 6) is -2.31. The number of benzene rings is 1. The predicted molar refractivity (Wildman–Crippen MR) is 102 cm³/mol. The highest BCUT2D eigenvalue weighted by Gasteiger charge is 2.64. The third-order valence-electron chi connectivity index (χ3n) is 4.72. The van der Waals surface area contributed by atoms with Crippen LogP contribution in [0.25, 0.3) is 0 Å². The summed E-state index contributed by atoms with van der Waals surface area (Å²) in [6.07, 6.45) is 0. The minimum absolute atomic E-state index is 0.0937. The summed E-state index contributed by atoms with van der Waals surface area (Å²) in [6.45, 7) is 3.46. The largest absolute Gasteiger partial charge is 0.524 e. The Morgan fingerprint density at radius 2 is 1.90 bits per heavy atom. The van der Waals surface area contributed by atoms with Crippen LogP contribution in [-0.4, -0.2) is 59.8 Å². The zero-order chi connectivity index (χ0) is 21.7. The van der Waals surface area contributed by atoms with E-state index in [9.17, 15) is 24.1 Å². The third-order valence-corrected chi connectivity index (χ3v) is 6.74. The van der Waals surface area contributed by atoms with Crippen LogP contribution in [0, 0.1) is 0 Å². The second-order valence-corrected chi connectivity index (χ2v) is 10.1. The van der Waals surface area contributed by atoms with E-state index in [1.807, 2.05) is 0 Å². The van der Waals surface area contributed by atoms with Gasteiger partial charge < -0.3 is 25.6 Å². The fraction of sp³-hybridized carbons (Fsp3) is 0.438. The lowest BCUT2D eigenvalue weighted by molar-refractivity contribution is -0.161. The number of phosphoric ester groups is 1. The van der Waals surface area contributed by atoms with Crippen molar-refractivity contribution in [1.82, 2.24) is 10.2 Å². The molecule has 2 heterocycles.